The molecule has 2 aromatic carbocycles. The van der Waals surface area contributed by atoms with Gasteiger partial charge >= 0.3 is 6.03 Å². The minimum absolute atomic E-state index is 0.0666. The smallest absolute Gasteiger partial charge is 0.335 e. The zero-order chi connectivity index (χ0) is 22.9. The molecule has 1 aliphatic heterocycles. The van der Waals surface area contributed by atoms with Crippen molar-refractivity contribution in [3.05, 3.63) is 55.1 Å². The average molecular weight is 575 g/mol. The van der Waals surface area contributed by atoms with Gasteiger partial charge in [0.15, 0.2) is 11.5 Å². The number of imide groups is 2. The fourth-order valence-corrected chi connectivity index (χ4v) is 3.90. The molecule has 3 rings (SSSR count). The summed E-state index contributed by atoms with van der Waals surface area (Å²) in [5.74, 6) is -0.577. The highest BCUT2D eigenvalue weighted by Crippen LogP contribution is 2.36. The molecular formula is C21H17Cl2IN2O5. The monoisotopic (exact) mass is 574 g/mol. The molecule has 1 aliphatic rings. The molecule has 31 heavy (non-hydrogen) atoms. The van der Waals surface area contributed by atoms with Crippen LogP contribution in [0.2, 0.25) is 10.0 Å². The summed E-state index contributed by atoms with van der Waals surface area (Å²) in [5.41, 5.74) is 0.489. The summed E-state index contributed by atoms with van der Waals surface area (Å²) in [6.45, 7) is 3.79. The first-order chi connectivity index (χ1) is 14.6. The van der Waals surface area contributed by atoms with Gasteiger partial charge in [-0.3, -0.25) is 14.9 Å². The van der Waals surface area contributed by atoms with Crippen molar-refractivity contribution in [1.29, 1.82) is 0 Å². The molecule has 0 spiro atoms. The maximum atomic E-state index is 13.0. The average Bonchev–Trinajstić information content (AvgIpc) is 2.69. The Hall–Kier alpha value is -2.30. The van der Waals surface area contributed by atoms with Crippen LogP contribution in [0.4, 0.5) is 10.5 Å². The van der Waals surface area contributed by atoms with Crippen molar-refractivity contribution in [2.45, 2.75) is 20.0 Å². The van der Waals surface area contributed by atoms with E-state index in [-0.39, 0.29) is 27.4 Å². The Morgan fingerprint density at radius 2 is 1.81 bits per heavy atom. The summed E-state index contributed by atoms with van der Waals surface area (Å²) >= 11 is 14.0. The minimum atomic E-state index is -0.876. The zero-order valence-corrected chi connectivity index (χ0v) is 20.3. The Morgan fingerprint density at radius 3 is 2.42 bits per heavy atom. The highest BCUT2D eigenvalue weighted by Gasteiger charge is 2.37. The summed E-state index contributed by atoms with van der Waals surface area (Å²) in [7, 11) is 1.50. The van der Waals surface area contributed by atoms with E-state index in [0.29, 0.717) is 17.1 Å². The number of ether oxygens (including phenoxy) is 2. The first-order valence-electron chi connectivity index (χ1n) is 9.03. The maximum Gasteiger partial charge on any atom is 0.335 e. The van der Waals surface area contributed by atoms with Crippen LogP contribution in [0.5, 0.6) is 11.5 Å². The van der Waals surface area contributed by atoms with Crippen molar-refractivity contribution in [3.8, 4) is 11.5 Å². The number of anilines is 1. The van der Waals surface area contributed by atoms with Gasteiger partial charge in [-0.1, -0.05) is 23.2 Å². The van der Waals surface area contributed by atoms with Gasteiger partial charge in [-0.25, -0.2) is 9.69 Å². The molecule has 4 amide bonds. The number of nitrogens with one attached hydrogen (secondary N) is 1. The van der Waals surface area contributed by atoms with Crippen molar-refractivity contribution in [1.82, 2.24) is 5.32 Å². The molecule has 0 unspecified atom stereocenters. The number of carbonyl (C=O) groups is 3. The van der Waals surface area contributed by atoms with Crippen LogP contribution in [0.15, 0.2) is 35.9 Å². The summed E-state index contributed by atoms with van der Waals surface area (Å²) in [6.07, 6.45) is 1.32. The summed E-state index contributed by atoms with van der Waals surface area (Å²) in [4.78, 5) is 38.6. The third-order valence-electron chi connectivity index (χ3n) is 4.18. The number of carbonyl (C=O) groups excluding carboxylic acids is 3. The zero-order valence-electron chi connectivity index (χ0n) is 16.7. The number of halogens is 3. The van der Waals surface area contributed by atoms with Crippen molar-refractivity contribution in [3.63, 3.8) is 0 Å². The van der Waals surface area contributed by atoms with Gasteiger partial charge in [0.2, 0.25) is 0 Å². The van der Waals surface area contributed by atoms with Gasteiger partial charge in [0.05, 0.1) is 32.5 Å². The number of nitrogens with zero attached hydrogens (tertiary/aromatic N) is 1. The standard InChI is InChI=1S/C21H17Cl2IN2O5/c1-10(2)31-18-16(24)7-11(8-17(18)30-3)6-13-19(27)25-21(29)26(20(13)28)12-4-5-14(22)15(23)9-12/h4-10H,1-3H3,(H,25,27,29)/b13-6+. The van der Waals surface area contributed by atoms with Crippen LogP contribution in [0.25, 0.3) is 6.08 Å². The Bertz CT molecular complexity index is 1120. The molecule has 0 bridgehead atoms. The van der Waals surface area contributed by atoms with Crippen molar-refractivity contribution in [2.75, 3.05) is 12.0 Å². The van der Waals surface area contributed by atoms with Crippen molar-refractivity contribution >= 4 is 75.4 Å². The van der Waals surface area contributed by atoms with E-state index in [4.69, 9.17) is 32.7 Å². The lowest BCUT2D eigenvalue weighted by Gasteiger charge is -2.26. The maximum absolute atomic E-state index is 13.0. The van der Waals surface area contributed by atoms with Crippen molar-refractivity contribution in [2.24, 2.45) is 0 Å². The van der Waals surface area contributed by atoms with E-state index in [9.17, 15) is 14.4 Å². The molecule has 0 atom stereocenters. The third-order valence-corrected chi connectivity index (χ3v) is 5.72. The van der Waals surface area contributed by atoms with E-state index in [1.54, 1.807) is 12.1 Å². The molecule has 1 heterocycles. The van der Waals surface area contributed by atoms with Crippen LogP contribution >= 0.6 is 45.8 Å². The van der Waals surface area contributed by atoms with Gasteiger partial charge in [0.25, 0.3) is 11.8 Å². The van der Waals surface area contributed by atoms with Gasteiger partial charge in [0.1, 0.15) is 5.57 Å². The normalized spacial score (nSPS) is 15.5. The lowest BCUT2D eigenvalue weighted by molar-refractivity contribution is -0.122. The number of rotatable bonds is 5. The summed E-state index contributed by atoms with van der Waals surface area (Å²) in [6, 6.07) is 6.81. The number of hydrogen-bond acceptors (Lipinski definition) is 5. The molecular weight excluding hydrogens is 558 g/mol. The van der Waals surface area contributed by atoms with E-state index in [1.165, 1.54) is 31.4 Å². The van der Waals surface area contributed by atoms with Crippen LogP contribution in [-0.4, -0.2) is 31.1 Å². The Labute approximate surface area is 202 Å². The molecule has 1 N–H and O–H groups in total. The second kappa shape index (κ2) is 9.46. The van der Waals surface area contributed by atoms with Crippen LogP contribution in [-0.2, 0) is 9.59 Å². The number of methoxy groups -OCH3 is 1. The fourth-order valence-electron chi connectivity index (χ4n) is 2.86. The first kappa shape index (κ1) is 23.4. The molecule has 0 saturated carbocycles. The van der Waals surface area contributed by atoms with Gasteiger partial charge in [0, 0.05) is 0 Å². The number of urea groups is 1. The van der Waals surface area contributed by atoms with E-state index >= 15 is 0 Å². The van der Waals surface area contributed by atoms with Gasteiger partial charge < -0.3 is 9.47 Å². The molecule has 0 aromatic heterocycles. The van der Waals surface area contributed by atoms with Crippen molar-refractivity contribution < 1.29 is 23.9 Å². The highest BCUT2D eigenvalue weighted by molar-refractivity contribution is 14.1. The number of amides is 4. The van der Waals surface area contributed by atoms with E-state index in [0.717, 1.165) is 8.47 Å². The number of hydrogen-bond donors (Lipinski definition) is 1. The fraction of sp³-hybridized carbons (Fsp3) is 0.190. The summed E-state index contributed by atoms with van der Waals surface area (Å²) in [5, 5.41) is 2.61. The first-order valence-corrected chi connectivity index (χ1v) is 10.9. The van der Waals surface area contributed by atoms with Gasteiger partial charge in [-0.05, 0) is 78.4 Å². The third kappa shape index (κ3) is 4.97. The molecule has 7 nitrogen and oxygen atoms in total. The topological polar surface area (TPSA) is 84.9 Å². The molecule has 2 aromatic rings. The molecule has 1 fully saturated rings. The predicted octanol–water partition coefficient (Wildman–Crippen LogP) is 5.06. The Kier molecular flexibility index (Phi) is 7.13. The lowest BCUT2D eigenvalue weighted by atomic mass is 10.1. The van der Waals surface area contributed by atoms with Gasteiger partial charge in [-0.15, -0.1) is 0 Å². The molecule has 1 saturated heterocycles. The molecule has 10 heteroatoms. The van der Waals surface area contributed by atoms with Crippen LogP contribution in [0, 0.1) is 3.57 Å². The highest BCUT2D eigenvalue weighted by atomic mass is 127. The molecule has 162 valence electrons. The quantitative estimate of drug-likeness (QED) is 0.306. The van der Waals surface area contributed by atoms with Crippen LogP contribution in [0.1, 0.15) is 19.4 Å². The summed E-state index contributed by atoms with van der Waals surface area (Å²) < 4.78 is 11.9. The Balaban J connectivity index is 2.03. The number of benzene rings is 2. The second-order valence-corrected chi connectivity index (χ2v) is 8.73. The van der Waals surface area contributed by atoms with Gasteiger partial charge in [-0.2, -0.15) is 0 Å². The SMILES string of the molecule is COc1cc(/C=C2\C(=O)NC(=O)N(c3ccc(Cl)c(Cl)c3)C2=O)cc(I)c1OC(C)C. The predicted molar refractivity (Wildman–Crippen MR) is 127 cm³/mol. The Morgan fingerprint density at radius 1 is 1.10 bits per heavy atom. The van der Waals surface area contributed by atoms with Crippen LogP contribution < -0.4 is 19.7 Å². The van der Waals surface area contributed by atoms with E-state index in [1.807, 2.05) is 13.8 Å². The van der Waals surface area contributed by atoms with Crippen LogP contribution in [0.3, 0.4) is 0 Å². The lowest BCUT2D eigenvalue weighted by Crippen LogP contribution is -2.54. The second-order valence-electron chi connectivity index (χ2n) is 6.76. The number of barbiturate groups is 1. The largest absolute Gasteiger partial charge is 0.493 e. The molecule has 0 aliphatic carbocycles. The molecule has 0 radical (unpaired) electrons. The van der Waals surface area contributed by atoms with E-state index < -0.39 is 17.8 Å². The van der Waals surface area contributed by atoms with E-state index in [2.05, 4.69) is 27.9 Å². The minimum Gasteiger partial charge on any atom is -0.493 e.